The van der Waals surface area contributed by atoms with Gasteiger partial charge in [0.05, 0.1) is 5.54 Å². The SMILES string of the molecule is Cc1cc(NC(=O)NC(C)(C)c2cccc(-c3ccccc3)c2)ccc1Cl. The monoisotopic (exact) mass is 378 g/mol. The highest BCUT2D eigenvalue weighted by Gasteiger charge is 2.23. The number of rotatable bonds is 4. The molecule has 2 N–H and O–H groups in total. The topological polar surface area (TPSA) is 41.1 Å². The van der Waals surface area contributed by atoms with Crippen LogP contribution in [0, 0.1) is 6.92 Å². The third-order valence-corrected chi connectivity index (χ3v) is 4.96. The summed E-state index contributed by atoms with van der Waals surface area (Å²) in [6.07, 6.45) is 0. The number of carbonyl (C=O) groups excluding carboxylic acids is 1. The molecule has 0 aliphatic carbocycles. The van der Waals surface area contributed by atoms with E-state index in [0.29, 0.717) is 10.7 Å². The van der Waals surface area contributed by atoms with Crippen LogP contribution >= 0.6 is 11.6 Å². The first-order valence-electron chi connectivity index (χ1n) is 8.86. The third kappa shape index (κ3) is 4.69. The highest BCUT2D eigenvalue weighted by molar-refractivity contribution is 6.31. The van der Waals surface area contributed by atoms with E-state index in [1.54, 1.807) is 12.1 Å². The standard InChI is InChI=1S/C23H23ClN2O/c1-16-14-20(12-13-21(16)24)25-22(27)26-23(2,3)19-11-7-10-18(15-19)17-8-5-4-6-9-17/h4-15H,1-3H3,(H2,25,26,27). The predicted molar refractivity (Wildman–Crippen MR) is 113 cm³/mol. The summed E-state index contributed by atoms with van der Waals surface area (Å²) in [4.78, 5) is 12.5. The van der Waals surface area contributed by atoms with Crippen LogP contribution < -0.4 is 10.6 Å². The van der Waals surface area contributed by atoms with Crippen LogP contribution in [-0.4, -0.2) is 6.03 Å². The number of urea groups is 1. The average Bonchev–Trinajstić information content (AvgIpc) is 2.65. The molecule has 0 bridgehead atoms. The Bertz CT molecular complexity index is 952. The van der Waals surface area contributed by atoms with Crippen LogP contribution in [0.4, 0.5) is 10.5 Å². The number of anilines is 1. The molecule has 27 heavy (non-hydrogen) atoms. The van der Waals surface area contributed by atoms with E-state index in [2.05, 4.69) is 34.9 Å². The molecule has 0 saturated heterocycles. The molecule has 0 atom stereocenters. The van der Waals surface area contributed by atoms with Gasteiger partial charge in [0.25, 0.3) is 0 Å². The minimum Gasteiger partial charge on any atom is -0.329 e. The van der Waals surface area contributed by atoms with E-state index in [1.165, 1.54) is 0 Å². The van der Waals surface area contributed by atoms with Gasteiger partial charge in [-0.1, -0.05) is 60.1 Å². The second-order valence-corrected chi connectivity index (χ2v) is 7.52. The molecule has 2 amide bonds. The van der Waals surface area contributed by atoms with Gasteiger partial charge in [0.15, 0.2) is 0 Å². The zero-order chi connectivity index (χ0) is 19.4. The van der Waals surface area contributed by atoms with E-state index >= 15 is 0 Å². The highest BCUT2D eigenvalue weighted by Crippen LogP contribution is 2.26. The molecule has 0 aromatic heterocycles. The molecule has 0 heterocycles. The lowest BCUT2D eigenvalue weighted by atomic mass is 9.91. The zero-order valence-electron chi connectivity index (χ0n) is 15.7. The van der Waals surface area contributed by atoms with Gasteiger partial charge in [-0.3, -0.25) is 0 Å². The predicted octanol–water partition coefficient (Wildman–Crippen LogP) is 6.37. The summed E-state index contributed by atoms with van der Waals surface area (Å²) < 4.78 is 0. The van der Waals surface area contributed by atoms with Crippen molar-refractivity contribution in [3.63, 3.8) is 0 Å². The molecule has 0 unspecified atom stereocenters. The van der Waals surface area contributed by atoms with Crippen LogP contribution in [0.5, 0.6) is 0 Å². The highest BCUT2D eigenvalue weighted by atomic mass is 35.5. The van der Waals surface area contributed by atoms with Gasteiger partial charge in [0, 0.05) is 10.7 Å². The molecular formula is C23H23ClN2O. The maximum atomic E-state index is 12.5. The fraction of sp³-hybridized carbons (Fsp3) is 0.174. The second-order valence-electron chi connectivity index (χ2n) is 7.11. The summed E-state index contributed by atoms with van der Waals surface area (Å²) >= 11 is 6.04. The largest absolute Gasteiger partial charge is 0.329 e. The first-order chi connectivity index (χ1) is 12.8. The quantitative estimate of drug-likeness (QED) is 0.543. The van der Waals surface area contributed by atoms with Crippen LogP contribution in [0.3, 0.4) is 0 Å². The molecular weight excluding hydrogens is 356 g/mol. The van der Waals surface area contributed by atoms with Gasteiger partial charge in [-0.15, -0.1) is 0 Å². The Morgan fingerprint density at radius 1 is 0.889 bits per heavy atom. The molecule has 3 rings (SSSR count). The first-order valence-corrected chi connectivity index (χ1v) is 9.24. The summed E-state index contributed by atoms with van der Waals surface area (Å²) in [5.41, 5.74) is 4.41. The fourth-order valence-corrected chi connectivity index (χ4v) is 3.08. The first kappa shape index (κ1) is 19.0. The Labute approximate surface area is 165 Å². The van der Waals surface area contributed by atoms with Crippen molar-refractivity contribution in [3.05, 3.63) is 88.9 Å². The summed E-state index contributed by atoms with van der Waals surface area (Å²) in [5.74, 6) is 0. The lowest BCUT2D eigenvalue weighted by molar-refractivity contribution is 0.242. The van der Waals surface area contributed by atoms with Crippen molar-refractivity contribution < 1.29 is 4.79 Å². The Morgan fingerprint density at radius 2 is 1.59 bits per heavy atom. The Kier molecular flexibility index (Phi) is 5.52. The van der Waals surface area contributed by atoms with Crippen LogP contribution in [0.2, 0.25) is 5.02 Å². The van der Waals surface area contributed by atoms with E-state index in [1.807, 2.05) is 57.2 Å². The van der Waals surface area contributed by atoms with Crippen molar-refractivity contribution in [2.45, 2.75) is 26.3 Å². The molecule has 0 radical (unpaired) electrons. The molecule has 0 spiro atoms. The lowest BCUT2D eigenvalue weighted by Gasteiger charge is -2.27. The molecule has 4 heteroatoms. The third-order valence-electron chi connectivity index (χ3n) is 4.53. The van der Waals surface area contributed by atoms with Crippen molar-refractivity contribution in [1.29, 1.82) is 0 Å². The van der Waals surface area contributed by atoms with E-state index in [-0.39, 0.29) is 6.03 Å². The molecule has 0 fully saturated rings. The van der Waals surface area contributed by atoms with Crippen molar-refractivity contribution in [2.75, 3.05) is 5.32 Å². The van der Waals surface area contributed by atoms with E-state index < -0.39 is 5.54 Å². The number of halogens is 1. The number of aryl methyl sites for hydroxylation is 1. The van der Waals surface area contributed by atoms with Crippen LogP contribution in [0.25, 0.3) is 11.1 Å². The number of nitrogens with one attached hydrogen (secondary N) is 2. The smallest absolute Gasteiger partial charge is 0.319 e. The minimum atomic E-state index is -0.531. The Morgan fingerprint density at radius 3 is 2.30 bits per heavy atom. The van der Waals surface area contributed by atoms with Gasteiger partial charge in [-0.25, -0.2) is 4.79 Å². The number of hydrogen-bond donors (Lipinski definition) is 2. The van der Waals surface area contributed by atoms with Gasteiger partial charge >= 0.3 is 6.03 Å². The van der Waals surface area contributed by atoms with Gasteiger partial charge in [-0.2, -0.15) is 0 Å². The van der Waals surface area contributed by atoms with Gasteiger partial charge in [0.2, 0.25) is 0 Å². The van der Waals surface area contributed by atoms with Gasteiger partial charge in [-0.05, 0) is 67.3 Å². The van der Waals surface area contributed by atoms with Crippen molar-refractivity contribution in [3.8, 4) is 11.1 Å². The van der Waals surface area contributed by atoms with Crippen LogP contribution in [-0.2, 0) is 5.54 Å². The van der Waals surface area contributed by atoms with E-state index in [9.17, 15) is 4.79 Å². The van der Waals surface area contributed by atoms with Crippen molar-refractivity contribution in [1.82, 2.24) is 5.32 Å². The maximum Gasteiger partial charge on any atom is 0.319 e. The Hall–Kier alpha value is -2.78. The van der Waals surface area contributed by atoms with Crippen LogP contribution in [0.15, 0.2) is 72.8 Å². The van der Waals surface area contributed by atoms with Crippen LogP contribution in [0.1, 0.15) is 25.0 Å². The number of benzene rings is 3. The minimum absolute atomic E-state index is 0.258. The van der Waals surface area contributed by atoms with E-state index in [0.717, 1.165) is 22.3 Å². The lowest BCUT2D eigenvalue weighted by Crippen LogP contribution is -2.43. The number of carbonyl (C=O) groups is 1. The summed E-state index contributed by atoms with van der Waals surface area (Å²) in [6.45, 7) is 5.89. The maximum absolute atomic E-state index is 12.5. The molecule has 3 aromatic rings. The molecule has 0 aliphatic rings. The Balaban J connectivity index is 1.76. The molecule has 3 nitrogen and oxygen atoms in total. The number of hydrogen-bond acceptors (Lipinski definition) is 1. The molecule has 0 aliphatic heterocycles. The normalized spacial score (nSPS) is 11.1. The van der Waals surface area contributed by atoms with E-state index in [4.69, 9.17) is 11.6 Å². The summed E-state index contributed by atoms with van der Waals surface area (Å²) in [7, 11) is 0. The molecule has 3 aromatic carbocycles. The van der Waals surface area contributed by atoms with Crippen molar-refractivity contribution in [2.24, 2.45) is 0 Å². The average molecular weight is 379 g/mol. The van der Waals surface area contributed by atoms with Crippen molar-refractivity contribution >= 4 is 23.3 Å². The second kappa shape index (κ2) is 7.85. The van der Waals surface area contributed by atoms with Gasteiger partial charge < -0.3 is 10.6 Å². The summed E-state index contributed by atoms with van der Waals surface area (Å²) in [5, 5.41) is 6.60. The molecule has 138 valence electrons. The fourth-order valence-electron chi connectivity index (χ4n) is 2.96. The summed E-state index contributed by atoms with van der Waals surface area (Å²) in [6, 6.07) is 23.6. The molecule has 0 saturated carbocycles. The zero-order valence-corrected chi connectivity index (χ0v) is 16.5. The number of amides is 2. The van der Waals surface area contributed by atoms with Gasteiger partial charge in [0.1, 0.15) is 0 Å².